The SMILES string of the molecule is CCCCOC(=O)N1CC[C@@H](O)[C@@H](F)C1. The molecule has 1 heterocycles. The van der Waals surface area contributed by atoms with Crippen LogP contribution >= 0.6 is 0 Å². The van der Waals surface area contributed by atoms with E-state index in [1.807, 2.05) is 6.92 Å². The smallest absolute Gasteiger partial charge is 0.409 e. The van der Waals surface area contributed by atoms with E-state index in [1.54, 1.807) is 0 Å². The van der Waals surface area contributed by atoms with Crippen LogP contribution in [0.1, 0.15) is 26.2 Å². The minimum atomic E-state index is -1.35. The Bertz CT molecular complexity index is 213. The molecule has 0 unspecified atom stereocenters. The zero-order valence-electron chi connectivity index (χ0n) is 8.99. The van der Waals surface area contributed by atoms with Crippen molar-refractivity contribution in [1.29, 1.82) is 0 Å². The van der Waals surface area contributed by atoms with E-state index in [-0.39, 0.29) is 13.0 Å². The molecule has 1 saturated heterocycles. The lowest BCUT2D eigenvalue weighted by Crippen LogP contribution is -2.47. The van der Waals surface area contributed by atoms with Gasteiger partial charge in [-0.05, 0) is 12.8 Å². The summed E-state index contributed by atoms with van der Waals surface area (Å²) in [5.41, 5.74) is 0. The molecule has 1 fully saturated rings. The number of piperidine rings is 1. The molecule has 0 aromatic rings. The second-order valence-corrected chi connectivity index (χ2v) is 3.79. The van der Waals surface area contributed by atoms with Crippen molar-refractivity contribution in [3.8, 4) is 0 Å². The summed E-state index contributed by atoms with van der Waals surface area (Å²) in [6.45, 7) is 2.69. The molecule has 1 aliphatic rings. The molecule has 4 nitrogen and oxygen atoms in total. The summed E-state index contributed by atoms with van der Waals surface area (Å²) < 4.78 is 18.0. The molecule has 1 rings (SSSR count). The number of hydrogen-bond donors (Lipinski definition) is 1. The van der Waals surface area contributed by atoms with E-state index >= 15 is 0 Å². The van der Waals surface area contributed by atoms with Crippen molar-refractivity contribution in [1.82, 2.24) is 4.90 Å². The Morgan fingerprint density at radius 2 is 2.40 bits per heavy atom. The van der Waals surface area contributed by atoms with Crippen molar-refractivity contribution in [2.75, 3.05) is 19.7 Å². The number of ether oxygens (including phenoxy) is 1. The van der Waals surface area contributed by atoms with Gasteiger partial charge in [0.2, 0.25) is 0 Å². The first-order valence-electron chi connectivity index (χ1n) is 5.39. The van der Waals surface area contributed by atoms with Crippen LogP contribution in [0.5, 0.6) is 0 Å². The minimum Gasteiger partial charge on any atom is -0.449 e. The monoisotopic (exact) mass is 219 g/mol. The topological polar surface area (TPSA) is 49.8 Å². The summed E-state index contributed by atoms with van der Waals surface area (Å²) in [5, 5.41) is 9.14. The summed E-state index contributed by atoms with van der Waals surface area (Å²) in [4.78, 5) is 12.7. The predicted octanol–water partition coefficient (Wildman–Crippen LogP) is 1.33. The number of rotatable bonds is 3. The molecule has 1 amide bonds. The van der Waals surface area contributed by atoms with Crippen LogP contribution in [0.2, 0.25) is 0 Å². The quantitative estimate of drug-likeness (QED) is 0.728. The van der Waals surface area contributed by atoms with Gasteiger partial charge in [0.25, 0.3) is 0 Å². The number of likely N-dealkylation sites (tertiary alicyclic amines) is 1. The third-order valence-corrected chi connectivity index (χ3v) is 2.49. The molecule has 15 heavy (non-hydrogen) atoms. The number of aliphatic hydroxyl groups excluding tert-OH is 1. The average molecular weight is 219 g/mol. The average Bonchev–Trinajstić information content (AvgIpc) is 2.22. The van der Waals surface area contributed by atoms with Crippen LogP contribution in [0.15, 0.2) is 0 Å². The van der Waals surface area contributed by atoms with E-state index in [9.17, 15) is 9.18 Å². The van der Waals surface area contributed by atoms with Crippen molar-refractivity contribution < 1.29 is 19.0 Å². The number of alkyl halides is 1. The van der Waals surface area contributed by atoms with E-state index in [0.29, 0.717) is 13.2 Å². The summed E-state index contributed by atoms with van der Waals surface area (Å²) in [6, 6.07) is 0. The molecular formula is C10H18FNO3. The van der Waals surface area contributed by atoms with Crippen molar-refractivity contribution >= 4 is 6.09 Å². The van der Waals surface area contributed by atoms with Crippen LogP contribution in [0.4, 0.5) is 9.18 Å². The first-order chi connectivity index (χ1) is 7.15. The van der Waals surface area contributed by atoms with Crippen molar-refractivity contribution in [3.05, 3.63) is 0 Å². The molecule has 0 spiro atoms. The highest BCUT2D eigenvalue weighted by atomic mass is 19.1. The second kappa shape index (κ2) is 5.90. The Kier molecular flexibility index (Phi) is 4.81. The van der Waals surface area contributed by atoms with Crippen LogP contribution in [0.25, 0.3) is 0 Å². The fourth-order valence-corrected chi connectivity index (χ4v) is 1.45. The number of unbranched alkanes of at least 4 members (excludes halogenated alkanes) is 1. The third kappa shape index (κ3) is 3.66. The van der Waals surface area contributed by atoms with Gasteiger partial charge in [-0.25, -0.2) is 9.18 Å². The lowest BCUT2D eigenvalue weighted by atomic mass is 10.1. The molecule has 88 valence electrons. The number of aliphatic hydroxyl groups is 1. The highest BCUT2D eigenvalue weighted by Crippen LogP contribution is 2.14. The van der Waals surface area contributed by atoms with E-state index in [4.69, 9.17) is 9.84 Å². The number of carbonyl (C=O) groups is 1. The minimum absolute atomic E-state index is 0.0634. The van der Waals surface area contributed by atoms with E-state index in [0.717, 1.165) is 12.8 Å². The maximum absolute atomic E-state index is 13.1. The van der Waals surface area contributed by atoms with Gasteiger partial charge >= 0.3 is 6.09 Å². The Morgan fingerprint density at radius 1 is 1.67 bits per heavy atom. The Hall–Kier alpha value is -0.840. The van der Waals surface area contributed by atoms with Crippen molar-refractivity contribution in [3.63, 3.8) is 0 Å². The first-order valence-corrected chi connectivity index (χ1v) is 5.39. The maximum atomic E-state index is 13.1. The van der Waals surface area contributed by atoms with Gasteiger partial charge in [-0.2, -0.15) is 0 Å². The first kappa shape index (κ1) is 12.2. The van der Waals surface area contributed by atoms with Gasteiger partial charge < -0.3 is 14.7 Å². The Balaban J connectivity index is 2.28. The maximum Gasteiger partial charge on any atom is 0.409 e. The molecule has 1 N–H and O–H groups in total. The highest BCUT2D eigenvalue weighted by Gasteiger charge is 2.30. The number of hydrogen-bond acceptors (Lipinski definition) is 3. The van der Waals surface area contributed by atoms with Crippen LogP contribution in [0.3, 0.4) is 0 Å². The number of amides is 1. The lowest BCUT2D eigenvalue weighted by molar-refractivity contribution is 0.00372. The number of carbonyl (C=O) groups excluding carboxylic acids is 1. The normalized spacial score (nSPS) is 26.5. The fraction of sp³-hybridized carbons (Fsp3) is 0.900. The fourth-order valence-electron chi connectivity index (χ4n) is 1.45. The van der Waals surface area contributed by atoms with E-state index < -0.39 is 18.4 Å². The van der Waals surface area contributed by atoms with Gasteiger partial charge in [-0.1, -0.05) is 13.3 Å². The number of halogens is 1. The third-order valence-electron chi connectivity index (χ3n) is 2.49. The van der Waals surface area contributed by atoms with Gasteiger partial charge in [-0.15, -0.1) is 0 Å². The van der Waals surface area contributed by atoms with Crippen molar-refractivity contribution in [2.45, 2.75) is 38.5 Å². The largest absolute Gasteiger partial charge is 0.449 e. The summed E-state index contributed by atoms with van der Waals surface area (Å²) >= 11 is 0. The van der Waals surface area contributed by atoms with Crippen LogP contribution < -0.4 is 0 Å². The molecule has 5 heteroatoms. The van der Waals surface area contributed by atoms with Crippen LogP contribution in [0, 0.1) is 0 Å². The summed E-state index contributed by atoms with van der Waals surface area (Å²) in [6.07, 6.45) is -0.705. The standard InChI is InChI=1S/C10H18FNO3/c1-2-3-6-15-10(14)12-5-4-9(13)8(11)7-12/h8-9,13H,2-7H2,1H3/t8-,9+/m0/s1. The van der Waals surface area contributed by atoms with Crippen molar-refractivity contribution in [2.24, 2.45) is 0 Å². The number of nitrogens with zero attached hydrogens (tertiary/aromatic N) is 1. The van der Waals surface area contributed by atoms with Gasteiger partial charge in [0.05, 0.1) is 19.3 Å². The lowest BCUT2D eigenvalue weighted by Gasteiger charge is -2.31. The summed E-state index contributed by atoms with van der Waals surface area (Å²) in [5.74, 6) is 0. The molecule has 2 atom stereocenters. The zero-order valence-corrected chi connectivity index (χ0v) is 8.99. The van der Waals surface area contributed by atoms with Gasteiger partial charge in [0.1, 0.15) is 6.17 Å². The van der Waals surface area contributed by atoms with Crippen LogP contribution in [-0.2, 0) is 4.74 Å². The van der Waals surface area contributed by atoms with Gasteiger partial charge in [0.15, 0.2) is 0 Å². The Labute approximate surface area is 89.0 Å². The van der Waals surface area contributed by atoms with Gasteiger partial charge in [0, 0.05) is 6.54 Å². The van der Waals surface area contributed by atoms with Crippen LogP contribution in [-0.4, -0.2) is 48.1 Å². The van der Waals surface area contributed by atoms with E-state index in [1.165, 1.54) is 4.90 Å². The van der Waals surface area contributed by atoms with E-state index in [2.05, 4.69) is 0 Å². The molecule has 0 bridgehead atoms. The molecule has 1 aliphatic heterocycles. The molecule has 0 aromatic heterocycles. The molecule has 0 aromatic carbocycles. The molecule has 0 saturated carbocycles. The Morgan fingerprint density at radius 3 is 3.00 bits per heavy atom. The zero-order chi connectivity index (χ0) is 11.3. The highest BCUT2D eigenvalue weighted by molar-refractivity contribution is 5.67. The summed E-state index contributed by atoms with van der Waals surface area (Å²) in [7, 11) is 0. The predicted molar refractivity (Wildman–Crippen MR) is 53.3 cm³/mol. The second-order valence-electron chi connectivity index (χ2n) is 3.79. The molecular weight excluding hydrogens is 201 g/mol. The molecule has 0 radical (unpaired) electrons. The molecule has 0 aliphatic carbocycles. The van der Waals surface area contributed by atoms with Gasteiger partial charge in [-0.3, -0.25) is 0 Å².